The largest absolute Gasteiger partial charge is 3.00 e. The van der Waals surface area contributed by atoms with Gasteiger partial charge in [0, 0.05) is 8.56 Å². The first-order valence-electron chi connectivity index (χ1n) is 0. The smallest absolute Gasteiger partial charge is 0.870 e. The van der Waals surface area contributed by atoms with Gasteiger partial charge in [-0.2, -0.15) is 0 Å². The Bertz CT molecular complexity index is 13.0. The van der Waals surface area contributed by atoms with Gasteiger partial charge in [-0.15, -0.1) is 0 Å². The topological polar surface area (TPSA) is 90.0 Å². The van der Waals surface area contributed by atoms with Gasteiger partial charge in [0.15, 0.2) is 0 Å². The van der Waals surface area contributed by atoms with Gasteiger partial charge >= 0.3 is 26.2 Å². The maximum atomic E-state index is 0. The van der Waals surface area contributed by atoms with E-state index in [1.165, 1.54) is 0 Å². The minimum Gasteiger partial charge on any atom is -0.870 e. The van der Waals surface area contributed by atoms with Crippen LogP contribution in [0.25, 0.3) is 0 Å². The number of hydrogen-bond donors (Lipinski definition) is 0. The molecule has 0 amide bonds. The average Bonchev–Trinajstić information content (AvgIpc) is 0. The molecular formula is H15BiO3. The Balaban J connectivity index is 0. The zero-order valence-electron chi connectivity index (χ0n) is 1.79. The molecule has 0 spiro atoms. The van der Waals surface area contributed by atoms with Gasteiger partial charge in [-0.25, -0.2) is 0 Å². The van der Waals surface area contributed by atoms with Crippen LogP contribution in [0.5, 0.6) is 0 Å². The van der Waals surface area contributed by atoms with Crippen molar-refractivity contribution in [1.82, 2.24) is 0 Å². The van der Waals surface area contributed by atoms with Crippen LogP contribution in [-0.4, -0.2) is 42.6 Å². The van der Waals surface area contributed by atoms with Gasteiger partial charge in [0.1, 0.15) is 0 Å². The molecule has 0 unspecified atom stereocenters. The fraction of sp³-hybridized carbons (Fsp3) is 0. The van der Waals surface area contributed by atoms with Crippen LogP contribution >= 0.6 is 0 Å². The van der Waals surface area contributed by atoms with Crippen LogP contribution in [0.2, 0.25) is 0 Å². The zero-order valence-corrected chi connectivity index (χ0v) is 5.27. The van der Waals surface area contributed by atoms with E-state index < -0.39 is 0 Å². The van der Waals surface area contributed by atoms with Crippen LogP contribution in [-0.2, 0) is 0 Å². The molecule has 38 valence electrons. The molecular weight excluding hydrogens is 257 g/mol. The quantitative estimate of drug-likeness (QED) is 0.603. The molecule has 0 aromatic carbocycles. The van der Waals surface area contributed by atoms with Crippen molar-refractivity contribution in [3.05, 3.63) is 0 Å². The number of hydrogen-bond acceptors (Lipinski definition) is 3. The van der Waals surface area contributed by atoms with Crippen molar-refractivity contribution in [3.8, 4) is 0 Å². The zero-order chi connectivity index (χ0) is 0. The third-order valence-electron chi connectivity index (χ3n) is 0. The molecule has 0 saturated heterocycles. The maximum absolute atomic E-state index is 0. The molecule has 0 heterocycles. The molecule has 4 heavy (non-hydrogen) atoms. The molecule has 0 aliphatic carbocycles. The van der Waals surface area contributed by atoms with Crippen LogP contribution in [0, 0.1) is 0 Å². The fourth-order valence-electron chi connectivity index (χ4n) is 0. The van der Waals surface area contributed by atoms with E-state index in [4.69, 9.17) is 0 Å². The Hall–Kier alpha value is 0.763. The van der Waals surface area contributed by atoms with Crippen molar-refractivity contribution in [2.45, 2.75) is 0 Å². The van der Waals surface area contributed by atoms with Gasteiger partial charge in [0.05, 0.1) is 0 Å². The van der Waals surface area contributed by atoms with Crippen molar-refractivity contribution in [1.29, 1.82) is 0 Å². The predicted octanol–water partition coefficient (Wildman–Crippen LogP) is 0.565. The molecule has 0 fully saturated rings. The summed E-state index contributed by atoms with van der Waals surface area (Å²) in [5.74, 6) is 0. The SMILES string of the molecule is [Bi+3].[HH].[HH].[HH].[HH].[HH].[HH].[OH-].[OH-].[OH-]. The van der Waals surface area contributed by atoms with Crippen molar-refractivity contribution in [3.63, 3.8) is 0 Å². The van der Waals surface area contributed by atoms with E-state index in [0.29, 0.717) is 0 Å². The Morgan fingerprint density at radius 3 is 0.750 bits per heavy atom. The van der Waals surface area contributed by atoms with Crippen molar-refractivity contribution < 1.29 is 25.0 Å². The molecule has 0 atom stereocenters. The number of rotatable bonds is 0. The van der Waals surface area contributed by atoms with Gasteiger partial charge in [0.25, 0.3) is 0 Å². The van der Waals surface area contributed by atoms with Crippen LogP contribution in [0.1, 0.15) is 8.56 Å². The van der Waals surface area contributed by atoms with Crippen LogP contribution in [0.4, 0.5) is 0 Å². The average molecular weight is 272 g/mol. The summed E-state index contributed by atoms with van der Waals surface area (Å²) in [7, 11) is 0. The first-order valence-corrected chi connectivity index (χ1v) is 0. The van der Waals surface area contributed by atoms with E-state index in [0.717, 1.165) is 0 Å². The van der Waals surface area contributed by atoms with E-state index >= 15 is 0 Å². The van der Waals surface area contributed by atoms with E-state index in [1.807, 2.05) is 0 Å². The van der Waals surface area contributed by atoms with Gasteiger partial charge in [0.2, 0.25) is 0 Å². The summed E-state index contributed by atoms with van der Waals surface area (Å²) in [6.07, 6.45) is 0. The second-order valence-electron chi connectivity index (χ2n) is 0. The standard InChI is InChI=1S/Bi.3H2O.6H2/h;3*1H2;6*1H/q+3;;;;;;;;;/p-3. The monoisotopic (exact) mass is 272 g/mol. The van der Waals surface area contributed by atoms with E-state index in [9.17, 15) is 0 Å². The Kier molecular flexibility index (Phi) is 1430. The maximum Gasteiger partial charge on any atom is 3.00 e. The summed E-state index contributed by atoms with van der Waals surface area (Å²) in [5, 5.41) is 0. The molecule has 0 aromatic heterocycles. The minimum absolute atomic E-state index is 0. The Labute approximate surface area is 52.0 Å². The fourth-order valence-corrected chi connectivity index (χ4v) is 0. The minimum atomic E-state index is 0. The van der Waals surface area contributed by atoms with Gasteiger partial charge in [-0.1, -0.05) is 0 Å². The molecule has 0 aliphatic heterocycles. The van der Waals surface area contributed by atoms with Gasteiger partial charge in [-0.3, -0.25) is 0 Å². The van der Waals surface area contributed by atoms with Gasteiger partial charge in [-0.05, 0) is 0 Å². The molecule has 0 saturated carbocycles. The first kappa shape index (κ1) is 116. The third-order valence-corrected chi connectivity index (χ3v) is 0. The first-order chi connectivity index (χ1) is 0. The normalized spacial score (nSPS) is 0. The van der Waals surface area contributed by atoms with Gasteiger partial charge < -0.3 is 16.4 Å². The molecule has 0 bridgehead atoms. The van der Waals surface area contributed by atoms with Crippen molar-refractivity contribution >= 4 is 26.2 Å². The summed E-state index contributed by atoms with van der Waals surface area (Å²) in [6, 6.07) is 0. The molecule has 0 rings (SSSR count). The van der Waals surface area contributed by atoms with E-state index in [-0.39, 0.29) is 51.2 Å². The van der Waals surface area contributed by atoms with Crippen LogP contribution in [0.3, 0.4) is 0 Å². The molecule has 3 nitrogen and oxygen atoms in total. The molecule has 3 N–H and O–H groups in total. The summed E-state index contributed by atoms with van der Waals surface area (Å²) in [5.41, 5.74) is 0. The molecule has 4 heteroatoms. The summed E-state index contributed by atoms with van der Waals surface area (Å²) in [4.78, 5) is 0. The van der Waals surface area contributed by atoms with Crippen molar-refractivity contribution in [2.75, 3.05) is 0 Å². The van der Waals surface area contributed by atoms with Crippen molar-refractivity contribution in [2.24, 2.45) is 0 Å². The summed E-state index contributed by atoms with van der Waals surface area (Å²) < 4.78 is 0. The predicted molar refractivity (Wildman–Crippen MR) is 24.2 cm³/mol. The molecule has 2 radical (unpaired) electrons. The summed E-state index contributed by atoms with van der Waals surface area (Å²) in [6.45, 7) is 0. The van der Waals surface area contributed by atoms with Crippen LogP contribution < -0.4 is 0 Å². The Morgan fingerprint density at radius 2 is 0.750 bits per heavy atom. The third kappa shape index (κ3) is 14.7. The molecule has 0 aliphatic rings. The Morgan fingerprint density at radius 1 is 0.750 bits per heavy atom. The van der Waals surface area contributed by atoms with E-state index in [2.05, 4.69) is 0 Å². The second kappa shape index (κ2) is 49.3. The second-order valence-corrected chi connectivity index (χ2v) is 0. The molecule has 0 aromatic rings. The van der Waals surface area contributed by atoms with Crippen LogP contribution in [0.15, 0.2) is 0 Å². The van der Waals surface area contributed by atoms with E-state index in [1.54, 1.807) is 0 Å². The summed E-state index contributed by atoms with van der Waals surface area (Å²) >= 11 is 0.